The predicted octanol–water partition coefficient (Wildman–Crippen LogP) is 4.03. The highest BCUT2D eigenvalue weighted by molar-refractivity contribution is 5.37. The minimum Gasteiger partial charge on any atom is -0.0991 e. The lowest BCUT2D eigenvalue weighted by atomic mass is 10.0. The molecule has 0 radical (unpaired) electrons. The van der Waals surface area contributed by atoms with Crippen molar-refractivity contribution in [1.82, 2.24) is 0 Å². The average Bonchev–Trinajstić information content (AvgIpc) is 2.04. The molecule has 0 aliphatic rings. The van der Waals surface area contributed by atoms with Crippen LogP contribution in [-0.4, -0.2) is 0 Å². The summed E-state index contributed by atoms with van der Waals surface area (Å²) in [6.45, 7) is 12.1. The van der Waals surface area contributed by atoms with Gasteiger partial charge in [0.05, 0.1) is 0 Å². The van der Waals surface area contributed by atoms with E-state index in [2.05, 4.69) is 39.5 Å². The van der Waals surface area contributed by atoms with Crippen LogP contribution in [0.15, 0.2) is 47.6 Å². The molecular weight excluding hydrogens is 144 g/mol. The summed E-state index contributed by atoms with van der Waals surface area (Å²) in [5, 5.41) is 0. The van der Waals surface area contributed by atoms with Gasteiger partial charge in [0.1, 0.15) is 0 Å². The molecular formula is C12H18. The van der Waals surface area contributed by atoms with E-state index in [0.717, 1.165) is 0 Å². The minimum absolute atomic E-state index is 1.28. The summed E-state index contributed by atoms with van der Waals surface area (Å²) >= 11 is 0. The van der Waals surface area contributed by atoms with Gasteiger partial charge in [0.25, 0.3) is 0 Å². The lowest BCUT2D eigenvalue weighted by Crippen LogP contribution is -1.82. The molecule has 0 aromatic heterocycles. The van der Waals surface area contributed by atoms with Gasteiger partial charge in [-0.25, -0.2) is 0 Å². The third-order valence-corrected chi connectivity index (χ3v) is 1.97. The summed E-state index contributed by atoms with van der Waals surface area (Å²) in [4.78, 5) is 0. The van der Waals surface area contributed by atoms with Crippen molar-refractivity contribution in [2.75, 3.05) is 0 Å². The van der Waals surface area contributed by atoms with Gasteiger partial charge in [-0.15, -0.1) is 0 Å². The molecule has 0 aliphatic heterocycles. The Morgan fingerprint density at radius 2 is 1.75 bits per heavy atom. The van der Waals surface area contributed by atoms with Crippen LogP contribution in [-0.2, 0) is 0 Å². The van der Waals surface area contributed by atoms with E-state index in [1.165, 1.54) is 16.7 Å². The summed E-state index contributed by atoms with van der Waals surface area (Å²) < 4.78 is 0. The third kappa shape index (κ3) is 3.38. The quantitative estimate of drug-likeness (QED) is 0.549. The lowest BCUT2D eigenvalue weighted by Gasteiger charge is -2.03. The van der Waals surface area contributed by atoms with Gasteiger partial charge < -0.3 is 0 Å². The number of hydrogen-bond acceptors (Lipinski definition) is 0. The van der Waals surface area contributed by atoms with Gasteiger partial charge in [-0.1, -0.05) is 30.9 Å². The van der Waals surface area contributed by atoms with Crippen molar-refractivity contribution in [3.8, 4) is 0 Å². The summed E-state index contributed by atoms with van der Waals surface area (Å²) in [6.07, 6.45) is 8.03. The second-order valence-corrected chi connectivity index (χ2v) is 2.89. The highest BCUT2D eigenvalue weighted by Crippen LogP contribution is 2.14. The first kappa shape index (κ1) is 11.0. The van der Waals surface area contributed by atoms with Gasteiger partial charge in [0.15, 0.2) is 0 Å². The first-order chi connectivity index (χ1) is 5.63. The van der Waals surface area contributed by atoms with Crippen LogP contribution < -0.4 is 0 Å². The summed E-state index contributed by atoms with van der Waals surface area (Å²) in [5.74, 6) is 0. The summed E-state index contributed by atoms with van der Waals surface area (Å²) in [5.41, 5.74) is 3.92. The Labute approximate surface area is 76.0 Å². The zero-order valence-corrected chi connectivity index (χ0v) is 8.52. The third-order valence-electron chi connectivity index (χ3n) is 1.97. The highest BCUT2D eigenvalue weighted by atomic mass is 14.0. The van der Waals surface area contributed by atoms with Crippen molar-refractivity contribution in [2.24, 2.45) is 0 Å². The number of hydrogen-bond donors (Lipinski definition) is 0. The molecule has 0 aliphatic carbocycles. The van der Waals surface area contributed by atoms with Crippen molar-refractivity contribution in [3.05, 3.63) is 47.6 Å². The minimum atomic E-state index is 1.28. The molecule has 0 bridgehead atoms. The van der Waals surface area contributed by atoms with Crippen LogP contribution in [0.1, 0.15) is 27.7 Å². The molecule has 0 heterocycles. The molecule has 0 saturated carbocycles. The maximum atomic E-state index is 3.67. The molecule has 0 nitrogen and oxygen atoms in total. The Balaban J connectivity index is 4.76. The van der Waals surface area contributed by atoms with E-state index >= 15 is 0 Å². The first-order valence-electron chi connectivity index (χ1n) is 4.23. The molecule has 0 fully saturated rings. The first-order valence-corrected chi connectivity index (χ1v) is 4.23. The topological polar surface area (TPSA) is 0 Å². The van der Waals surface area contributed by atoms with E-state index < -0.39 is 0 Å². The molecule has 66 valence electrons. The van der Waals surface area contributed by atoms with Crippen LogP contribution >= 0.6 is 0 Å². The smallest absolute Gasteiger partial charge is 0.0392 e. The standard InChI is InChI=1S/C12H18/c1-6-8-10(3)12(5)11(4)9-7-2/h6-9H,1H2,2-5H3. The SMILES string of the molecule is C=CC=C(C)C(C)=C(C)C=CC. The van der Waals surface area contributed by atoms with E-state index in [4.69, 9.17) is 0 Å². The Hall–Kier alpha value is -1.04. The molecule has 0 rings (SSSR count). The van der Waals surface area contributed by atoms with Gasteiger partial charge in [-0.2, -0.15) is 0 Å². The summed E-state index contributed by atoms with van der Waals surface area (Å²) in [6, 6.07) is 0. The van der Waals surface area contributed by atoms with Gasteiger partial charge in [0, 0.05) is 0 Å². The zero-order chi connectivity index (χ0) is 9.56. The molecule has 0 amide bonds. The fraction of sp³-hybridized carbons (Fsp3) is 0.333. The van der Waals surface area contributed by atoms with E-state index in [-0.39, 0.29) is 0 Å². The normalized spacial score (nSPS) is 14.8. The van der Waals surface area contributed by atoms with Crippen molar-refractivity contribution >= 4 is 0 Å². The molecule has 0 N–H and O–H groups in total. The largest absolute Gasteiger partial charge is 0.0991 e. The fourth-order valence-corrected chi connectivity index (χ4v) is 0.988. The molecule has 0 heteroatoms. The maximum Gasteiger partial charge on any atom is -0.0392 e. The van der Waals surface area contributed by atoms with Crippen LogP contribution in [0.3, 0.4) is 0 Å². The zero-order valence-electron chi connectivity index (χ0n) is 8.52. The highest BCUT2D eigenvalue weighted by Gasteiger charge is 1.94. The maximum absolute atomic E-state index is 3.67. The van der Waals surface area contributed by atoms with Crippen molar-refractivity contribution < 1.29 is 0 Å². The second-order valence-electron chi connectivity index (χ2n) is 2.89. The van der Waals surface area contributed by atoms with Crippen LogP contribution in [0.2, 0.25) is 0 Å². The molecule has 0 spiro atoms. The van der Waals surface area contributed by atoms with Crippen molar-refractivity contribution in [2.45, 2.75) is 27.7 Å². The summed E-state index contributed by atoms with van der Waals surface area (Å²) in [7, 11) is 0. The van der Waals surface area contributed by atoms with Crippen LogP contribution in [0.4, 0.5) is 0 Å². The van der Waals surface area contributed by atoms with Crippen LogP contribution in [0, 0.1) is 0 Å². The fourth-order valence-electron chi connectivity index (χ4n) is 0.988. The van der Waals surface area contributed by atoms with Crippen molar-refractivity contribution in [1.29, 1.82) is 0 Å². The lowest BCUT2D eigenvalue weighted by molar-refractivity contribution is 1.27. The molecule has 0 unspecified atom stereocenters. The Kier molecular flexibility index (Phi) is 5.11. The van der Waals surface area contributed by atoms with Crippen LogP contribution in [0.5, 0.6) is 0 Å². The molecule has 0 atom stereocenters. The average molecular weight is 162 g/mol. The Morgan fingerprint density at radius 3 is 2.17 bits per heavy atom. The van der Waals surface area contributed by atoms with Crippen molar-refractivity contribution in [3.63, 3.8) is 0 Å². The molecule has 12 heavy (non-hydrogen) atoms. The molecule has 0 aromatic carbocycles. The Morgan fingerprint density at radius 1 is 1.17 bits per heavy atom. The van der Waals surface area contributed by atoms with Gasteiger partial charge in [-0.05, 0) is 44.4 Å². The van der Waals surface area contributed by atoms with E-state index in [0.29, 0.717) is 0 Å². The van der Waals surface area contributed by atoms with Crippen LogP contribution in [0.25, 0.3) is 0 Å². The molecule has 0 saturated heterocycles. The van der Waals surface area contributed by atoms with E-state index in [9.17, 15) is 0 Å². The van der Waals surface area contributed by atoms with Gasteiger partial charge >= 0.3 is 0 Å². The van der Waals surface area contributed by atoms with Gasteiger partial charge in [0.2, 0.25) is 0 Å². The second kappa shape index (κ2) is 5.59. The van der Waals surface area contributed by atoms with E-state index in [1.807, 2.05) is 19.1 Å². The van der Waals surface area contributed by atoms with E-state index in [1.54, 1.807) is 0 Å². The number of allylic oxidation sites excluding steroid dienone is 7. The Bertz CT molecular complexity index is 237. The molecule has 0 aromatic rings. The van der Waals surface area contributed by atoms with Gasteiger partial charge in [-0.3, -0.25) is 0 Å². The predicted molar refractivity (Wildman–Crippen MR) is 57.1 cm³/mol. The monoisotopic (exact) mass is 162 g/mol. The number of rotatable bonds is 3.